The summed E-state index contributed by atoms with van der Waals surface area (Å²) in [5.74, 6) is 1.89. The van der Waals surface area contributed by atoms with Crippen LogP contribution in [0.3, 0.4) is 0 Å². The van der Waals surface area contributed by atoms with E-state index in [1.54, 1.807) is 12.1 Å². The molecule has 1 aliphatic heterocycles. The van der Waals surface area contributed by atoms with E-state index in [0.29, 0.717) is 61.1 Å². The summed E-state index contributed by atoms with van der Waals surface area (Å²) in [4.78, 5) is 30.3. The van der Waals surface area contributed by atoms with E-state index in [9.17, 15) is 14.0 Å². The van der Waals surface area contributed by atoms with E-state index in [0.717, 1.165) is 19.3 Å². The van der Waals surface area contributed by atoms with Crippen LogP contribution in [0.15, 0.2) is 18.2 Å². The van der Waals surface area contributed by atoms with E-state index in [4.69, 9.17) is 11.6 Å². The summed E-state index contributed by atoms with van der Waals surface area (Å²) in [6.45, 7) is 4.71. The Bertz CT molecular complexity index is 844. The first-order chi connectivity index (χ1) is 15.3. The highest BCUT2D eigenvalue weighted by atomic mass is 35.5. The Hall–Kier alpha value is -1.66. The third-order valence-corrected chi connectivity index (χ3v) is 8.72. The van der Waals surface area contributed by atoms with Gasteiger partial charge in [-0.05, 0) is 75.3 Å². The molecule has 174 valence electrons. The summed E-state index contributed by atoms with van der Waals surface area (Å²) in [5.41, 5.74) is 0.270. The average Bonchev–Trinajstić information content (AvgIpc) is 2.75. The van der Waals surface area contributed by atoms with Crippen molar-refractivity contribution in [3.63, 3.8) is 0 Å². The van der Waals surface area contributed by atoms with Crippen LogP contribution in [0.2, 0.25) is 5.02 Å². The summed E-state index contributed by atoms with van der Waals surface area (Å²) in [6, 6.07) is 4.22. The number of piperazine rings is 1. The van der Waals surface area contributed by atoms with Gasteiger partial charge in [0.1, 0.15) is 11.9 Å². The van der Waals surface area contributed by atoms with E-state index < -0.39 is 6.04 Å². The molecule has 4 aliphatic carbocycles. The van der Waals surface area contributed by atoms with Gasteiger partial charge in [-0.3, -0.25) is 14.5 Å². The summed E-state index contributed by atoms with van der Waals surface area (Å²) in [6.07, 6.45) is 6.89. The molecule has 0 aromatic heterocycles. The number of halogens is 2. The molecular weight excluding hydrogens is 429 g/mol. The third kappa shape index (κ3) is 4.16. The van der Waals surface area contributed by atoms with Crippen molar-refractivity contribution in [1.29, 1.82) is 0 Å². The number of carbonyl (C=O) groups excluding carboxylic acids is 2. The van der Waals surface area contributed by atoms with Crippen molar-refractivity contribution in [3.05, 3.63) is 34.6 Å². The minimum Gasteiger partial charge on any atom is -0.344 e. The number of hydrogen-bond donors (Lipinski definition) is 1. The maximum absolute atomic E-state index is 14.1. The van der Waals surface area contributed by atoms with E-state index in [1.807, 2.05) is 11.8 Å². The van der Waals surface area contributed by atoms with Crippen LogP contribution in [0.4, 0.5) is 4.39 Å². The van der Waals surface area contributed by atoms with Gasteiger partial charge in [0, 0.05) is 48.7 Å². The van der Waals surface area contributed by atoms with E-state index in [-0.39, 0.29) is 23.0 Å². The Morgan fingerprint density at radius 2 is 1.69 bits per heavy atom. The number of hydrogen-bond acceptors (Lipinski definition) is 3. The molecule has 1 atom stereocenters. The van der Waals surface area contributed by atoms with Gasteiger partial charge in [0.05, 0.1) is 0 Å². The molecule has 5 aliphatic rings. The lowest BCUT2D eigenvalue weighted by atomic mass is 9.49. The second-order valence-corrected chi connectivity index (χ2v) is 11.1. The molecule has 1 aromatic carbocycles. The van der Waals surface area contributed by atoms with Gasteiger partial charge in [0.15, 0.2) is 0 Å². The second-order valence-electron chi connectivity index (χ2n) is 10.7. The van der Waals surface area contributed by atoms with E-state index in [1.165, 1.54) is 25.3 Å². The van der Waals surface area contributed by atoms with E-state index >= 15 is 0 Å². The molecule has 7 heteroatoms. The molecule has 5 nitrogen and oxygen atoms in total. The molecule has 4 bridgehead atoms. The van der Waals surface area contributed by atoms with Gasteiger partial charge < -0.3 is 10.2 Å². The van der Waals surface area contributed by atoms with Gasteiger partial charge in [-0.15, -0.1) is 0 Å². The maximum atomic E-state index is 14.1. The smallest absolute Gasteiger partial charge is 0.244 e. The molecule has 6 rings (SSSR count). The van der Waals surface area contributed by atoms with Gasteiger partial charge in [-0.25, -0.2) is 4.39 Å². The van der Waals surface area contributed by atoms with Crippen LogP contribution < -0.4 is 5.32 Å². The van der Waals surface area contributed by atoms with Crippen molar-refractivity contribution in [2.24, 2.45) is 23.2 Å². The fraction of sp³-hybridized carbons (Fsp3) is 0.680. The van der Waals surface area contributed by atoms with Crippen molar-refractivity contribution >= 4 is 23.4 Å². The molecule has 1 N–H and O–H groups in total. The standard InChI is InChI=1S/C25H33ClFN3O2/c1-16(28-24(32)25-12-17-9-18(13-25)11-19(10-17)14-25)23(31)30-7-5-29(6-8-30)15-20-21(26)3-2-4-22(20)27/h2-4,16-19H,5-15H2,1H3,(H,28,32). The van der Waals surface area contributed by atoms with Crippen molar-refractivity contribution in [1.82, 2.24) is 15.1 Å². The molecule has 4 saturated carbocycles. The molecule has 1 heterocycles. The first-order valence-electron chi connectivity index (χ1n) is 12.1. The Kier molecular flexibility index (Phi) is 5.95. The molecule has 2 amide bonds. The summed E-state index contributed by atoms with van der Waals surface area (Å²) < 4.78 is 14.1. The molecule has 5 fully saturated rings. The Balaban J connectivity index is 1.14. The number of benzene rings is 1. The van der Waals surface area contributed by atoms with Crippen LogP contribution in [0.1, 0.15) is 51.0 Å². The second kappa shape index (κ2) is 8.60. The molecule has 1 saturated heterocycles. The van der Waals surface area contributed by atoms with Crippen LogP contribution in [0, 0.1) is 29.0 Å². The van der Waals surface area contributed by atoms with Crippen LogP contribution in [0.25, 0.3) is 0 Å². The van der Waals surface area contributed by atoms with Gasteiger partial charge in [0.25, 0.3) is 0 Å². The quantitative estimate of drug-likeness (QED) is 0.724. The highest BCUT2D eigenvalue weighted by molar-refractivity contribution is 6.31. The van der Waals surface area contributed by atoms with Crippen molar-refractivity contribution in [2.75, 3.05) is 26.2 Å². The normalized spacial score (nSPS) is 32.7. The largest absolute Gasteiger partial charge is 0.344 e. The topological polar surface area (TPSA) is 52.7 Å². The van der Waals surface area contributed by atoms with Crippen molar-refractivity contribution < 1.29 is 14.0 Å². The SMILES string of the molecule is CC(NC(=O)C12CC3CC(CC(C3)C1)C2)C(=O)N1CCN(Cc2c(F)cccc2Cl)CC1. The number of carbonyl (C=O) groups is 2. The summed E-state index contributed by atoms with van der Waals surface area (Å²) in [5, 5.41) is 3.52. The molecule has 0 radical (unpaired) electrons. The Morgan fingerprint density at radius 1 is 1.09 bits per heavy atom. The summed E-state index contributed by atoms with van der Waals surface area (Å²) in [7, 11) is 0. The van der Waals surface area contributed by atoms with Crippen molar-refractivity contribution in [2.45, 2.75) is 58.0 Å². The van der Waals surface area contributed by atoms with Crippen LogP contribution >= 0.6 is 11.6 Å². The zero-order chi connectivity index (χ0) is 22.5. The Morgan fingerprint density at radius 3 is 2.25 bits per heavy atom. The van der Waals surface area contributed by atoms with Gasteiger partial charge in [0.2, 0.25) is 11.8 Å². The average molecular weight is 462 g/mol. The van der Waals surface area contributed by atoms with Crippen molar-refractivity contribution in [3.8, 4) is 0 Å². The van der Waals surface area contributed by atoms with Crippen LogP contribution in [-0.4, -0.2) is 53.8 Å². The first kappa shape index (κ1) is 22.1. The van der Waals surface area contributed by atoms with Gasteiger partial charge >= 0.3 is 0 Å². The van der Waals surface area contributed by atoms with Gasteiger partial charge in [-0.1, -0.05) is 17.7 Å². The molecule has 32 heavy (non-hydrogen) atoms. The number of nitrogens with zero attached hydrogens (tertiary/aromatic N) is 2. The molecule has 0 spiro atoms. The third-order valence-electron chi connectivity index (χ3n) is 8.37. The lowest BCUT2D eigenvalue weighted by Crippen LogP contribution is -2.58. The monoisotopic (exact) mass is 461 g/mol. The highest BCUT2D eigenvalue weighted by Crippen LogP contribution is 2.60. The fourth-order valence-electron chi connectivity index (χ4n) is 7.11. The van der Waals surface area contributed by atoms with Gasteiger partial charge in [-0.2, -0.15) is 0 Å². The molecule has 1 aromatic rings. The zero-order valence-electron chi connectivity index (χ0n) is 18.8. The lowest BCUT2D eigenvalue weighted by molar-refractivity contribution is -0.150. The lowest BCUT2D eigenvalue weighted by Gasteiger charge is -2.55. The molecule has 1 unspecified atom stereocenters. The number of amides is 2. The fourth-order valence-corrected chi connectivity index (χ4v) is 7.33. The highest BCUT2D eigenvalue weighted by Gasteiger charge is 2.54. The number of rotatable bonds is 5. The number of nitrogens with one attached hydrogen (secondary N) is 1. The maximum Gasteiger partial charge on any atom is 0.244 e. The zero-order valence-corrected chi connectivity index (χ0v) is 19.5. The predicted octanol–water partition coefficient (Wildman–Crippen LogP) is 3.84. The van der Waals surface area contributed by atoms with Crippen LogP contribution in [-0.2, 0) is 16.1 Å². The molecular formula is C25H33ClFN3O2. The predicted molar refractivity (Wildman–Crippen MR) is 121 cm³/mol. The van der Waals surface area contributed by atoms with E-state index in [2.05, 4.69) is 10.2 Å². The van der Waals surface area contributed by atoms with Crippen LogP contribution in [0.5, 0.6) is 0 Å². The Labute approximate surface area is 194 Å². The summed E-state index contributed by atoms with van der Waals surface area (Å²) >= 11 is 6.16. The minimum absolute atomic E-state index is 0.0216. The first-order valence-corrected chi connectivity index (χ1v) is 12.5. The minimum atomic E-state index is -0.511.